The molecule has 0 bridgehead atoms. The molecule has 2 unspecified atom stereocenters. The molecule has 0 saturated carbocycles. The van der Waals surface area contributed by atoms with Crippen LogP contribution >= 0.6 is 0 Å². The first-order valence-corrected chi connectivity index (χ1v) is 8.38. The van der Waals surface area contributed by atoms with E-state index in [2.05, 4.69) is 10.0 Å². The van der Waals surface area contributed by atoms with Gasteiger partial charge in [-0.2, -0.15) is 0 Å². The lowest BCUT2D eigenvalue weighted by molar-refractivity contribution is 0.566. The van der Waals surface area contributed by atoms with Crippen molar-refractivity contribution in [3.8, 4) is 0 Å². The summed E-state index contributed by atoms with van der Waals surface area (Å²) in [4.78, 5) is 0. The predicted molar refractivity (Wildman–Crippen MR) is 61.7 cm³/mol. The molecule has 0 spiro atoms. The summed E-state index contributed by atoms with van der Waals surface area (Å²) in [7, 11) is -4.15. The maximum atomic E-state index is 11.5. The minimum Gasteiger partial charge on any atom is -0.313 e. The van der Waals surface area contributed by atoms with Gasteiger partial charge in [-0.1, -0.05) is 0 Å². The molecule has 1 fully saturated rings. The van der Waals surface area contributed by atoms with E-state index in [1.54, 1.807) is 6.26 Å². The third kappa shape index (κ3) is 5.60. The quantitative estimate of drug-likeness (QED) is 0.640. The second kappa shape index (κ2) is 5.93. The monoisotopic (exact) mass is 254 g/mol. The van der Waals surface area contributed by atoms with Gasteiger partial charge in [-0.25, -0.2) is 13.1 Å². The standard InChI is InChI=1S/C8H18N2O3S2/c1-14(11)6-5-10-15(12,13)7-8-3-2-4-9-8/h8-10H,2-7H2,1H3. The van der Waals surface area contributed by atoms with Crippen LogP contribution in [-0.4, -0.2) is 49.5 Å². The molecule has 2 N–H and O–H groups in total. The van der Waals surface area contributed by atoms with Crippen LogP contribution in [0.3, 0.4) is 0 Å². The molecule has 90 valence electrons. The van der Waals surface area contributed by atoms with Gasteiger partial charge < -0.3 is 5.32 Å². The maximum Gasteiger partial charge on any atom is 0.213 e. The Kier molecular flexibility index (Phi) is 5.17. The molecule has 1 rings (SSSR count). The summed E-state index contributed by atoms with van der Waals surface area (Å²) in [6.07, 6.45) is 3.52. The van der Waals surface area contributed by atoms with Crippen molar-refractivity contribution in [1.82, 2.24) is 10.0 Å². The Morgan fingerprint density at radius 1 is 1.53 bits per heavy atom. The lowest BCUT2D eigenvalue weighted by Crippen LogP contribution is -2.37. The van der Waals surface area contributed by atoms with Crippen molar-refractivity contribution in [3.63, 3.8) is 0 Å². The van der Waals surface area contributed by atoms with Crippen LogP contribution in [0.4, 0.5) is 0 Å². The highest BCUT2D eigenvalue weighted by Gasteiger charge is 2.21. The van der Waals surface area contributed by atoms with Gasteiger partial charge in [-0.05, 0) is 19.4 Å². The minimum absolute atomic E-state index is 0.0784. The largest absolute Gasteiger partial charge is 0.313 e. The Hall–Kier alpha value is 0.0200. The fraction of sp³-hybridized carbons (Fsp3) is 1.00. The highest BCUT2D eigenvalue weighted by atomic mass is 32.2. The Bertz CT molecular complexity index is 310. The molecule has 0 amide bonds. The van der Waals surface area contributed by atoms with Gasteiger partial charge in [0.15, 0.2) is 0 Å². The van der Waals surface area contributed by atoms with Crippen molar-refractivity contribution in [3.05, 3.63) is 0 Å². The zero-order valence-electron chi connectivity index (χ0n) is 8.86. The molecule has 0 aromatic heterocycles. The zero-order valence-corrected chi connectivity index (χ0v) is 10.5. The number of rotatable bonds is 6. The van der Waals surface area contributed by atoms with Crippen LogP contribution in [0, 0.1) is 0 Å². The molecule has 0 aromatic rings. The van der Waals surface area contributed by atoms with E-state index in [-0.39, 0.29) is 18.3 Å². The molecule has 0 aliphatic carbocycles. The van der Waals surface area contributed by atoms with E-state index in [4.69, 9.17) is 0 Å². The average molecular weight is 254 g/mol. The maximum absolute atomic E-state index is 11.5. The second-order valence-electron chi connectivity index (χ2n) is 3.75. The second-order valence-corrected chi connectivity index (χ2v) is 7.15. The van der Waals surface area contributed by atoms with E-state index < -0.39 is 20.8 Å². The summed E-state index contributed by atoms with van der Waals surface area (Å²) < 4.78 is 36.2. The molecule has 0 radical (unpaired) electrons. The van der Waals surface area contributed by atoms with Crippen LogP contribution in [0.1, 0.15) is 12.8 Å². The summed E-state index contributed by atoms with van der Waals surface area (Å²) in [6.45, 7) is 1.16. The Morgan fingerprint density at radius 2 is 2.27 bits per heavy atom. The van der Waals surface area contributed by atoms with Gasteiger partial charge in [0, 0.05) is 35.4 Å². The topological polar surface area (TPSA) is 75.3 Å². The first kappa shape index (κ1) is 13.1. The highest BCUT2D eigenvalue weighted by molar-refractivity contribution is 7.89. The first-order chi connectivity index (χ1) is 6.99. The van der Waals surface area contributed by atoms with Crippen LogP contribution in [-0.2, 0) is 20.8 Å². The highest BCUT2D eigenvalue weighted by Crippen LogP contribution is 2.06. The summed E-state index contributed by atoms with van der Waals surface area (Å²) in [6, 6.07) is 0.0784. The summed E-state index contributed by atoms with van der Waals surface area (Å²) in [5.74, 6) is 0.501. The van der Waals surface area contributed by atoms with Crippen molar-refractivity contribution in [2.24, 2.45) is 0 Å². The van der Waals surface area contributed by atoms with Crippen LogP contribution in [0.2, 0.25) is 0 Å². The SMILES string of the molecule is CS(=O)CCNS(=O)(=O)CC1CCCN1. The number of hydrogen-bond acceptors (Lipinski definition) is 4. The molecule has 1 aliphatic rings. The van der Waals surface area contributed by atoms with E-state index in [0.717, 1.165) is 19.4 Å². The third-order valence-electron chi connectivity index (χ3n) is 2.29. The van der Waals surface area contributed by atoms with Crippen LogP contribution < -0.4 is 10.0 Å². The lowest BCUT2D eigenvalue weighted by Gasteiger charge is -2.11. The molecule has 0 aromatic carbocycles. The van der Waals surface area contributed by atoms with Crippen molar-refractivity contribution in [1.29, 1.82) is 0 Å². The van der Waals surface area contributed by atoms with Crippen LogP contribution in [0.5, 0.6) is 0 Å². The lowest BCUT2D eigenvalue weighted by atomic mass is 10.3. The van der Waals surface area contributed by atoms with E-state index >= 15 is 0 Å². The fourth-order valence-electron chi connectivity index (χ4n) is 1.56. The predicted octanol–water partition coefficient (Wildman–Crippen LogP) is -0.964. The minimum atomic E-state index is -3.21. The Morgan fingerprint density at radius 3 is 2.80 bits per heavy atom. The molecular formula is C8H18N2O3S2. The Labute approximate surface area is 93.5 Å². The molecule has 15 heavy (non-hydrogen) atoms. The molecule has 2 atom stereocenters. The average Bonchev–Trinajstić information content (AvgIpc) is 2.54. The van der Waals surface area contributed by atoms with Gasteiger partial charge in [0.25, 0.3) is 0 Å². The molecular weight excluding hydrogens is 236 g/mol. The summed E-state index contributed by atoms with van der Waals surface area (Å²) in [5.41, 5.74) is 0. The molecule has 1 heterocycles. The van der Waals surface area contributed by atoms with E-state index in [0.29, 0.717) is 5.75 Å². The van der Waals surface area contributed by atoms with Crippen LogP contribution in [0.25, 0.3) is 0 Å². The first-order valence-electron chi connectivity index (χ1n) is 5.00. The number of sulfonamides is 1. The van der Waals surface area contributed by atoms with Gasteiger partial charge in [0.1, 0.15) is 0 Å². The van der Waals surface area contributed by atoms with Gasteiger partial charge in [0.2, 0.25) is 10.0 Å². The van der Waals surface area contributed by atoms with Crippen molar-refractivity contribution >= 4 is 20.8 Å². The van der Waals surface area contributed by atoms with Crippen LogP contribution in [0.15, 0.2) is 0 Å². The number of hydrogen-bond donors (Lipinski definition) is 2. The van der Waals surface area contributed by atoms with Gasteiger partial charge >= 0.3 is 0 Å². The van der Waals surface area contributed by atoms with E-state index in [9.17, 15) is 12.6 Å². The van der Waals surface area contributed by atoms with E-state index in [1.165, 1.54) is 0 Å². The van der Waals surface area contributed by atoms with E-state index in [1.807, 2.05) is 0 Å². The fourth-order valence-corrected chi connectivity index (χ4v) is 3.43. The summed E-state index contributed by atoms with van der Waals surface area (Å²) in [5, 5.41) is 3.13. The molecule has 1 saturated heterocycles. The Balaban J connectivity index is 2.28. The molecule has 1 aliphatic heterocycles. The number of nitrogens with one attached hydrogen (secondary N) is 2. The van der Waals surface area contributed by atoms with Gasteiger partial charge in [-0.3, -0.25) is 4.21 Å². The zero-order chi connectivity index (χ0) is 11.3. The van der Waals surface area contributed by atoms with Crippen molar-refractivity contribution in [2.75, 3.05) is 30.9 Å². The normalized spacial score (nSPS) is 24.2. The smallest absolute Gasteiger partial charge is 0.213 e. The van der Waals surface area contributed by atoms with Gasteiger partial charge in [-0.15, -0.1) is 0 Å². The summed E-state index contributed by atoms with van der Waals surface area (Å²) >= 11 is 0. The molecule has 5 nitrogen and oxygen atoms in total. The molecule has 7 heteroatoms. The van der Waals surface area contributed by atoms with Gasteiger partial charge in [0.05, 0.1) is 5.75 Å². The third-order valence-corrected chi connectivity index (χ3v) is 4.56. The van der Waals surface area contributed by atoms with Crippen molar-refractivity contribution in [2.45, 2.75) is 18.9 Å². The van der Waals surface area contributed by atoms with Crippen molar-refractivity contribution < 1.29 is 12.6 Å².